The molecule has 3 aromatic carbocycles. The fourth-order valence-corrected chi connectivity index (χ4v) is 5.61. The number of hydrogen-bond donors (Lipinski definition) is 1. The number of fused-ring (bicyclic) bond motifs is 1. The lowest BCUT2D eigenvalue weighted by Gasteiger charge is -2.23. The van der Waals surface area contributed by atoms with Gasteiger partial charge in [-0.3, -0.25) is 14.5 Å². The Hall–Kier alpha value is -3.88. The van der Waals surface area contributed by atoms with Gasteiger partial charge >= 0.3 is 5.91 Å². The van der Waals surface area contributed by atoms with E-state index in [1.54, 1.807) is 66.7 Å². The summed E-state index contributed by atoms with van der Waals surface area (Å²) in [5.74, 6) is -0.663. The van der Waals surface area contributed by atoms with Gasteiger partial charge in [-0.2, -0.15) is 0 Å². The van der Waals surface area contributed by atoms with E-state index in [0.29, 0.717) is 44.9 Å². The first-order chi connectivity index (χ1) is 18.4. The summed E-state index contributed by atoms with van der Waals surface area (Å²) < 4.78 is 11.9. The average Bonchev–Trinajstić information content (AvgIpc) is 3.46. The molecular weight excluding hydrogens is 524 g/mol. The molecule has 2 heterocycles. The normalized spacial score (nSPS) is 16.8. The molecule has 1 amide bonds. The van der Waals surface area contributed by atoms with Gasteiger partial charge in [-0.15, -0.1) is 0 Å². The van der Waals surface area contributed by atoms with Crippen molar-refractivity contribution in [2.75, 3.05) is 18.6 Å². The first-order valence-corrected chi connectivity index (χ1v) is 13.3. The van der Waals surface area contributed by atoms with Gasteiger partial charge in [0.2, 0.25) is 0 Å². The Labute approximate surface area is 228 Å². The first-order valence-electron chi connectivity index (χ1n) is 12.2. The molecule has 1 aliphatic heterocycles. The number of aliphatic hydroxyl groups is 1. The summed E-state index contributed by atoms with van der Waals surface area (Å²) in [5, 5.41) is 12.2. The molecule has 7 nitrogen and oxygen atoms in total. The summed E-state index contributed by atoms with van der Waals surface area (Å²) in [6, 6.07) is 18.3. The van der Waals surface area contributed by atoms with E-state index < -0.39 is 17.7 Å². The number of ketones is 1. The maximum Gasteiger partial charge on any atom is 0.301 e. The molecule has 4 aromatic rings. The minimum absolute atomic E-state index is 0.0276. The predicted molar refractivity (Wildman–Crippen MR) is 149 cm³/mol. The fourth-order valence-electron chi connectivity index (χ4n) is 4.34. The quantitative estimate of drug-likeness (QED) is 0.113. The van der Waals surface area contributed by atoms with Crippen LogP contribution in [0.5, 0.6) is 11.5 Å². The van der Waals surface area contributed by atoms with Crippen molar-refractivity contribution in [3.8, 4) is 11.5 Å². The van der Waals surface area contributed by atoms with Crippen molar-refractivity contribution in [2.24, 2.45) is 0 Å². The highest BCUT2D eigenvalue weighted by Crippen LogP contribution is 2.45. The highest BCUT2D eigenvalue weighted by molar-refractivity contribution is 7.22. The van der Waals surface area contributed by atoms with E-state index in [1.807, 2.05) is 0 Å². The number of Topliss-reactive ketones (excluding diaryl/α,β-unsaturated/α-hetero) is 1. The van der Waals surface area contributed by atoms with E-state index in [4.69, 9.17) is 21.1 Å². The Bertz CT molecular complexity index is 1550. The average molecular weight is 549 g/mol. The van der Waals surface area contributed by atoms with Crippen LogP contribution >= 0.6 is 22.9 Å². The number of unbranched alkanes of at least 4 members (excludes halogenated alkanes) is 1. The first kappa shape index (κ1) is 25.8. The number of methoxy groups -OCH3 is 1. The van der Waals surface area contributed by atoms with Crippen molar-refractivity contribution in [2.45, 2.75) is 25.8 Å². The van der Waals surface area contributed by atoms with Gasteiger partial charge in [0.25, 0.3) is 5.78 Å². The molecule has 1 fully saturated rings. The van der Waals surface area contributed by atoms with Gasteiger partial charge in [0.1, 0.15) is 17.3 Å². The molecule has 1 aliphatic rings. The van der Waals surface area contributed by atoms with Gasteiger partial charge in [0.05, 0.1) is 35.5 Å². The van der Waals surface area contributed by atoms with Gasteiger partial charge in [-0.1, -0.05) is 60.5 Å². The number of rotatable bonds is 8. The van der Waals surface area contributed by atoms with E-state index in [1.165, 1.54) is 23.3 Å². The van der Waals surface area contributed by atoms with Gasteiger partial charge in [-0.05, 0) is 54.4 Å². The Morgan fingerprint density at radius 3 is 2.61 bits per heavy atom. The molecule has 0 spiro atoms. The number of nitrogens with zero attached hydrogens (tertiary/aromatic N) is 2. The Kier molecular flexibility index (Phi) is 7.35. The maximum atomic E-state index is 13.5. The standard InChI is InChI=1S/C29H25ClN2O5S/c1-3-4-14-37-20-11-8-17(9-12-20)25-24(26(33)18-6-5-7-21(15-18)36-2)27(34)28(35)32(25)29-31-22-13-10-19(30)16-23(22)38-29/h5-13,15-16,25,33H,3-4,14H2,1-2H3. The number of amides is 1. The van der Waals surface area contributed by atoms with Crippen molar-refractivity contribution in [3.05, 3.63) is 88.5 Å². The molecular formula is C29H25ClN2O5S. The number of carbonyl (C=O) groups is 2. The van der Waals surface area contributed by atoms with Crippen LogP contribution in [0.3, 0.4) is 0 Å². The van der Waals surface area contributed by atoms with Crippen molar-refractivity contribution >= 4 is 55.7 Å². The summed E-state index contributed by atoms with van der Waals surface area (Å²) in [6.45, 7) is 2.69. The maximum absolute atomic E-state index is 13.5. The second-order valence-electron chi connectivity index (χ2n) is 8.78. The molecule has 0 saturated carbocycles. The summed E-state index contributed by atoms with van der Waals surface area (Å²) in [7, 11) is 1.52. The zero-order valence-electron chi connectivity index (χ0n) is 20.8. The van der Waals surface area contributed by atoms with Crippen molar-refractivity contribution in [1.29, 1.82) is 0 Å². The third-order valence-electron chi connectivity index (χ3n) is 6.30. The van der Waals surface area contributed by atoms with Crippen LogP contribution in [0.2, 0.25) is 5.02 Å². The Morgan fingerprint density at radius 2 is 1.87 bits per heavy atom. The summed E-state index contributed by atoms with van der Waals surface area (Å²) in [5.41, 5.74) is 1.62. The minimum Gasteiger partial charge on any atom is -0.507 e. The third-order valence-corrected chi connectivity index (χ3v) is 7.55. The number of anilines is 1. The fraction of sp³-hybridized carbons (Fsp3) is 0.207. The van der Waals surface area contributed by atoms with E-state index in [-0.39, 0.29) is 11.3 Å². The Balaban J connectivity index is 1.64. The summed E-state index contributed by atoms with van der Waals surface area (Å²) in [4.78, 5) is 32.9. The molecule has 5 rings (SSSR count). The number of benzene rings is 3. The number of aromatic nitrogens is 1. The highest BCUT2D eigenvalue weighted by atomic mass is 35.5. The highest BCUT2D eigenvalue weighted by Gasteiger charge is 2.48. The summed E-state index contributed by atoms with van der Waals surface area (Å²) >= 11 is 7.42. The largest absolute Gasteiger partial charge is 0.507 e. The molecule has 9 heteroatoms. The second kappa shape index (κ2) is 10.8. The van der Waals surface area contributed by atoms with E-state index in [0.717, 1.165) is 17.5 Å². The molecule has 38 heavy (non-hydrogen) atoms. The zero-order chi connectivity index (χ0) is 26.8. The van der Waals surface area contributed by atoms with Gasteiger partial charge < -0.3 is 14.6 Å². The number of carbonyl (C=O) groups excluding carboxylic acids is 2. The van der Waals surface area contributed by atoms with Crippen LogP contribution in [-0.4, -0.2) is 35.5 Å². The lowest BCUT2D eigenvalue weighted by molar-refractivity contribution is -0.132. The van der Waals surface area contributed by atoms with Crippen LogP contribution in [0.4, 0.5) is 5.13 Å². The minimum atomic E-state index is -0.901. The molecule has 1 N–H and O–H groups in total. The lowest BCUT2D eigenvalue weighted by Crippen LogP contribution is -2.29. The van der Waals surface area contributed by atoms with Crippen LogP contribution in [0.1, 0.15) is 36.9 Å². The van der Waals surface area contributed by atoms with Crippen LogP contribution in [0.25, 0.3) is 16.0 Å². The topological polar surface area (TPSA) is 89.0 Å². The van der Waals surface area contributed by atoms with Gasteiger partial charge in [0.15, 0.2) is 5.13 Å². The van der Waals surface area contributed by atoms with E-state index >= 15 is 0 Å². The molecule has 1 aromatic heterocycles. The number of thiazole rings is 1. The second-order valence-corrected chi connectivity index (χ2v) is 10.2. The monoisotopic (exact) mass is 548 g/mol. The third kappa shape index (κ3) is 4.85. The Morgan fingerprint density at radius 1 is 1.08 bits per heavy atom. The zero-order valence-corrected chi connectivity index (χ0v) is 22.4. The summed E-state index contributed by atoms with van der Waals surface area (Å²) in [6.07, 6.45) is 1.95. The molecule has 1 unspecified atom stereocenters. The SMILES string of the molecule is CCCCOc1ccc(C2C(=C(O)c3cccc(OC)c3)C(=O)C(=O)N2c2nc3ccc(Cl)cc3s2)cc1. The number of aliphatic hydroxyl groups excluding tert-OH is 1. The molecule has 0 aliphatic carbocycles. The van der Waals surface area contributed by atoms with Crippen LogP contribution in [-0.2, 0) is 9.59 Å². The van der Waals surface area contributed by atoms with Crippen LogP contribution in [0.15, 0.2) is 72.3 Å². The molecule has 194 valence electrons. The van der Waals surface area contributed by atoms with Crippen LogP contribution < -0.4 is 14.4 Å². The number of halogens is 1. The smallest absolute Gasteiger partial charge is 0.301 e. The number of hydrogen-bond acceptors (Lipinski definition) is 7. The van der Waals surface area contributed by atoms with Crippen molar-refractivity contribution in [3.63, 3.8) is 0 Å². The van der Waals surface area contributed by atoms with Gasteiger partial charge in [0, 0.05) is 10.6 Å². The van der Waals surface area contributed by atoms with E-state index in [9.17, 15) is 14.7 Å². The number of ether oxygens (including phenoxy) is 2. The lowest BCUT2D eigenvalue weighted by atomic mass is 9.95. The molecule has 1 atom stereocenters. The van der Waals surface area contributed by atoms with Crippen molar-refractivity contribution in [1.82, 2.24) is 4.98 Å². The predicted octanol–water partition coefficient (Wildman–Crippen LogP) is 6.76. The molecule has 0 bridgehead atoms. The molecule has 0 radical (unpaired) electrons. The van der Waals surface area contributed by atoms with Gasteiger partial charge in [-0.25, -0.2) is 4.98 Å². The van der Waals surface area contributed by atoms with Crippen molar-refractivity contribution < 1.29 is 24.2 Å². The molecule has 1 saturated heterocycles. The van der Waals surface area contributed by atoms with Crippen LogP contribution in [0, 0.1) is 0 Å². The van der Waals surface area contributed by atoms with E-state index in [2.05, 4.69) is 11.9 Å².